The molecule has 0 spiro atoms. The van der Waals surface area contributed by atoms with E-state index in [-0.39, 0.29) is 22.6 Å². The molecule has 1 aliphatic heterocycles. The van der Waals surface area contributed by atoms with Crippen LogP contribution < -0.4 is 0 Å². The Morgan fingerprint density at radius 3 is 2.50 bits per heavy atom. The molecule has 2 aromatic carbocycles. The zero-order chi connectivity index (χ0) is 19.8. The second kappa shape index (κ2) is 6.73. The molecule has 0 N–H and O–H groups in total. The number of rotatable bonds is 4. The zero-order valence-corrected chi connectivity index (χ0v) is 15.1. The van der Waals surface area contributed by atoms with Crippen LogP contribution in [-0.2, 0) is 4.74 Å². The van der Waals surface area contributed by atoms with Gasteiger partial charge in [0.15, 0.2) is 6.10 Å². The summed E-state index contributed by atoms with van der Waals surface area (Å²) in [6, 6.07) is 13.5. The van der Waals surface area contributed by atoms with E-state index < -0.39 is 23.9 Å². The van der Waals surface area contributed by atoms with E-state index in [2.05, 4.69) is 10.2 Å². The number of imide groups is 1. The summed E-state index contributed by atoms with van der Waals surface area (Å²) < 4.78 is 11.0. The number of hydrogen-bond acceptors (Lipinski definition) is 7. The Labute approximate surface area is 159 Å². The van der Waals surface area contributed by atoms with Gasteiger partial charge < -0.3 is 9.15 Å². The van der Waals surface area contributed by atoms with Gasteiger partial charge in [-0.25, -0.2) is 4.79 Å². The number of carbonyl (C=O) groups is 3. The number of amides is 2. The Hall–Kier alpha value is -3.81. The third-order valence-electron chi connectivity index (χ3n) is 4.42. The van der Waals surface area contributed by atoms with Crippen LogP contribution in [-0.4, -0.2) is 39.9 Å². The summed E-state index contributed by atoms with van der Waals surface area (Å²) in [6.07, 6.45) is -0.786. The Bertz CT molecular complexity index is 1090. The minimum Gasteiger partial charge on any atom is -0.449 e. The predicted molar refractivity (Wildman–Crippen MR) is 96.4 cm³/mol. The third kappa shape index (κ3) is 2.94. The van der Waals surface area contributed by atoms with Gasteiger partial charge in [-0.3, -0.25) is 14.5 Å². The third-order valence-corrected chi connectivity index (χ3v) is 4.42. The molecule has 28 heavy (non-hydrogen) atoms. The van der Waals surface area contributed by atoms with Gasteiger partial charge in [-0.2, -0.15) is 0 Å². The van der Waals surface area contributed by atoms with Crippen molar-refractivity contribution < 1.29 is 23.5 Å². The van der Waals surface area contributed by atoms with Gasteiger partial charge in [-0.15, -0.1) is 10.2 Å². The average molecular weight is 377 g/mol. The van der Waals surface area contributed by atoms with E-state index >= 15 is 0 Å². The quantitative estimate of drug-likeness (QED) is 0.509. The van der Waals surface area contributed by atoms with Crippen molar-refractivity contribution in [3.8, 4) is 11.5 Å². The monoisotopic (exact) mass is 377 g/mol. The van der Waals surface area contributed by atoms with E-state index in [0.29, 0.717) is 5.89 Å². The van der Waals surface area contributed by atoms with Gasteiger partial charge in [-0.1, -0.05) is 18.2 Å². The van der Waals surface area contributed by atoms with Crippen molar-refractivity contribution in [2.75, 3.05) is 7.05 Å². The second-order valence-corrected chi connectivity index (χ2v) is 6.29. The minimum absolute atomic E-state index is 0.152. The molecule has 1 aliphatic rings. The molecule has 0 saturated heterocycles. The molecule has 0 fully saturated rings. The van der Waals surface area contributed by atoms with Gasteiger partial charge in [-0.05, 0) is 37.3 Å². The van der Waals surface area contributed by atoms with Crippen LogP contribution in [0, 0.1) is 0 Å². The van der Waals surface area contributed by atoms with E-state index in [0.717, 1.165) is 10.5 Å². The van der Waals surface area contributed by atoms with E-state index in [4.69, 9.17) is 9.15 Å². The first kappa shape index (κ1) is 17.6. The second-order valence-electron chi connectivity index (χ2n) is 6.29. The topological polar surface area (TPSA) is 103 Å². The summed E-state index contributed by atoms with van der Waals surface area (Å²) in [4.78, 5) is 37.5. The van der Waals surface area contributed by atoms with Crippen molar-refractivity contribution in [3.05, 3.63) is 71.1 Å². The predicted octanol–water partition coefficient (Wildman–Crippen LogP) is 2.88. The van der Waals surface area contributed by atoms with Crippen LogP contribution in [0.15, 0.2) is 52.9 Å². The van der Waals surface area contributed by atoms with Crippen LogP contribution in [0.1, 0.15) is 50.0 Å². The highest BCUT2D eigenvalue weighted by Gasteiger charge is 2.33. The molecule has 0 unspecified atom stereocenters. The van der Waals surface area contributed by atoms with Crippen LogP contribution in [0.5, 0.6) is 0 Å². The molecule has 0 saturated carbocycles. The van der Waals surface area contributed by atoms with Crippen molar-refractivity contribution >= 4 is 17.8 Å². The van der Waals surface area contributed by atoms with E-state index in [9.17, 15) is 14.4 Å². The molecule has 2 amide bonds. The molecule has 3 aromatic rings. The maximum Gasteiger partial charge on any atom is 0.338 e. The molecule has 4 rings (SSSR count). The highest BCUT2D eigenvalue weighted by Crippen LogP contribution is 2.25. The number of nitrogens with zero attached hydrogens (tertiary/aromatic N) is 3. The summed E-state index contributed by atoms with van der Waals surface area (Å²) in [5.41, 5.74) is 1.36. The van der Waals surface area contributed by atoms with Crippen molar-refractivity contribution in [3.63, 3.8) is 0 Å². The molecular formula is C20H15N3O5. The lowest BCUT2D eigenvalue weighted by atomic mass is 10.1. The first-order valence-electron chi connectivity index (χ1n) is 8.52. The summed E-state index contributed by atoms with van der Waals surface area (Å²) in [5.74, 6) is -1.04. The summed E-state index contributed by atoms with van der Waals surface area (Å²) >= 11 is 0. The molecule has 8 nitrogen and oxygen atoms in total. The molecule has 1 atom stereocenters. The maximum atomic E-state index is 12.5. The van der Waals surface area contributed by atoms with Gasteiger partial charge >= 0.3 is 5.97 Å². The number of ether oxygens (including phenoxy) is 1. The van der Waals surface area contributed by atoms with Crippen molar-refractivity contribution in [2.45, 2.75) is 13.0 Å². The molecule has 140 valence electrons. The SMILES string of the molecule is C[C@@H](OC(=O)c1ccc2c(c1)C(=O)N(C)C2=O)c1nnc(-c2ccccc2)o1. The van der Waals surface area contributed by atoms with Gasteiger partial charge in [0.1, 0.15) is 0 Å². The number of esters is 1. The summed E-state index contributed by atoms with van der Waals surface area (Å²) in [6.45, 7) is 1.61. The Morgan fingerprint density at radius 2 is 1.75 bits per heavy atom. The molecule has 0 bridgehead atoms. The molecule has 0 radical (unpaired) electrons. The summed E-state index contributed by atoms with van der Waals surface area (Å²) in [7, 11) is 1.39. The molecule has 8 heteroatoms. The molecule has 0 aliphatic carbocycles. The van der Waals surface area contributed by atoms with Gasteiger partial charge in [0.05, 0.1) is 16.7 Å². The number of carbonyl (C=O) groups excluding carboxylic acids is 3. The molecular weight excluding hydrogens is 362 g/mol. The number of fused-ring (bicyclic) bond motifs is 1. The zero-order valence-electron chi connectivity index (χ0n) is 15.1. The van der Waals surface area contributed by atoms with Gasteiger partial charge in [0, 0.05) is 12.6 Å². The van der Waals surface area contributed by atoms with Crippen LogP contribution in [0.2, 0.25) is 0 Å². The fourth-order valence-corrected chi connectivity index (χ4v) is 2.86. The lowest BCUT2D eigenvalue weighted by Crippen LogP contribution is -2.24. The van der Waals surface area contributed by atoms with Gasteiger partial charge in [0.25, 0.3) is 17.7 Å². The fourth-order valence-electron chi connectivity index (χ4n) is 2.86. The molecule has 2 heterocycles. The van der Waals surface area contributed by atoms with Crippen molar-refractivity contribution in [2.24, 2.45) is 0 Å². The van der Waals surface area contributed by atoms with Crippen molar-refractivity contribution in [1.82, 2.24) is 15.1 Å². The number of benzene rings is 2. The lowest BCUT2D eigenvalue weighted by molar-refractivity contribution is 0.0279. The maximum absolute atomic E-state index is 12.5. The van der Waals surface area contributed by atoms with E-state index in [1.807, 2.05) is 30.3 Å². The first-order valence-corrected chi connectivity index (χ1v) is 8.52. The van der Waals surface area contributed by atoms with Crippen LogP contribution >= 0.6 is 0 Å². The number of aromatic nitrogens is 2. The average Bonchev–Trinajstić information content (AvgIpc) is 3.29. The van der Waals surface area contributed by atoms with Gasteiger partial charge in [0.2, 0.25) is 5.89 Å². The smallest absolute Gasteiger partial charge is 0.338 e. The standard InChI is InChI=1S/C20H15N3O5/c1-11(16-21-22-17(28-16)12-6-4-3-5-7-12)27-20(26)13-8-9-14-15(10-13)19(25)23(2)18(14)24/h3-11H,1-2H3/t11-/m1/s1. The normalized spacial score (nSPS) is 14.1. The van der Waals surface area contributed by atoms with E-state index in [1.165, 1.54) is 25.2 Å². The van der Waals surface area contributed by atoms with Crippen molar-refractivity contribution in [1.29, 1.82) is 0 Å². The van der Waals surface area contributed by atoms with Crippen LogP contribution in [0.3, 0.4) is 0 Å². The van der Waals surface area contributed by atoms with E-state index in [1.54, 1.807) is 6.92 Å². The largest absolute Gasteiger partial charge is 0.449 e. The number of hydrogen-bond donors (Lipinski definition) is 0. The van der Waals surface area contributed by atoms with Crippen LogP contribution in [0.25, 0.3) is 11.5 Å². The Balaban J connectivity index is 1.51. The highest BCUT2D eigenvalue weighted by molar-refractivity contribution is 6.21. The molecule has 1 aromatic heterocycles. The minimum atomic E-state index is -0.786. The van der Waals surface area contributed by atoms with Crippen LogP contribution in [0.4, 0.5) is 0 Å². The first-order chi connectivity index (χ1) is 13.5. The fraction of sp³-hybridized carbons (Fsp3) is 0.150. The highest BCUT2D eigenvalue weighted by atomic mass is 16.6. The lowest BCUT2D eigenvalue weighted by Gasteiger charge is -2.09. The summed E-state index contributed by atoms with van der Waals surface area (Å²) in [5, 5.41) is 7.90. The Kier molecular flexibility index (Phi) is 4.23. The Morgan fingerprint density at radius 1 is 1.04 bits per heavy atom.